The van der Waals surface area contributed by atoms with Crippen molar-refractivity contribution in [3.8, 4) is 17.3 Å². The summed E-state index contributed by atoms with van der Waals surface area (Å²) in [6.45, 7) is 4.15. The number of likely N-dealkylation sites (tertiary alicyclic amines) is 1. The summed E-state index contributed by atoms with van der Waals surface area (Å²) in [6.07, 6.45) is 7.09. The minimum Gasteiger partial charge on any atom is -0.472 e. The Morgan fingerprint density at radius 2 is 1.83 bits per heavy atom. The summed E-state index contributed by atoms with van der Waals surface area (Å²) in [5.41, 5.74) is 2.49. The first-order valence-corrected chi connectivity index (χ1v) is 10.4. The summed E-state index contributed by atoms with van der Waals surface area (Å²) >= 11 is 0. The van der Waals surface area contributed by atoms with Gasteiger partial charge in [0.05, 0.1) is 11.6 Å². The third-order valence-corrected chi connectivity index (χ3v) is 6.34. The molecule has 5 rings (SSSR count). The average molecular weight is 400 g/mol. The first-order valence-electron chi connectivity index (χ1n) is 10.4. The number of pyridine rings is 1. The molecule has 6 nitrogen and oxygen atoms in total. The van der Waals surface area contributed by atoms with Gasteiger partial charge in [-0.25, -0.2) is 15.0 Å². The molecule has 4 atom stereocenters. The number of hydrogen-bond donors (Lipinski definition) is 0. The Bertz CT molecular complexity index is 1050. The van der Waals surface area contributed by atoms with Gasteiger partial charge in [0.1, 0.15) is 6.10 Å². The van der Waals surface area contributed by atoms with Crippen molar-refractivity contribution in [2.75, 3.05) is 0 Å². The minimum absolute atomic E-state index is 0.0169. The standard InChI is InChI=1S/C24H24N4O2/c1-15-8-9-22(27-14-15)30-21-13-17-12-20(21)28(16(17)2)24(29)19-7-4-3-6-18(19)23-25-10-5-11-26-23/h3-11,14,16-17,20-21H,12-13H2,1-2H3. The molecular formula is C24H24N4O2. The predicted molar refractivity (Wildman–Crippen MR) is 113 cm³/mol. The molecule has 4 unspecified atom stereocenters. The molecule has 2 bridgehead atoms. The average Bonchev–Trinajstić information content (AvgIpc) is 3.33. The van der Waals surface area contributed by atoms with Crippen molar-refractivity contribution < 1.29 is 9.53 Å². The van der Waals surface area contributed by atoms with Gasteiger partial charge in [-0.15, -0.1) is 0 Å². The number of benzene rings is 1. The zero-order valence-corrected chi connectivity index (χ0v) is 17.1. The van der Waals surface area contributed by atoms with E-state index in [-0.39, 0.29) is 24.1 Å². The van der Waals surface area contributed by atoms with Crippen LogP contribution in [-0.2, 0) is 0 Å². The van der Waals surface area contributed by atoms with Crippen LogP contribution in [0.15, 0.2) is 61.1 Å². The number of fused-ring (bicyclic) bond motifs is 2. The van der Waals surface area contributed by atoms with Crippen LogP contribution in [-0.4, -0.2) is 43.9 Å². The van der Waals surface area contributed by atoms with Crippen molar-refractivity contribution in [1.82, 2.24) is 19.9 Å². The van der Waals surface area contributed by atoms with E-state index in [0.717, 1.165) is 24.0 Å². The second-order valence-corrected chi connectivity index (χ2v) is 8.20. The molecule has 30 heavy (non-hydrogen) atoms. The topological polar surface area (TPSA) is 68.2 Å². The van der Waals surface area contributed by atoms with Gasteiger partial charge < -0.3 is 9.64 Å². The number of carbonyl (C=O) groups is 1. The Labute approximate surface area is 176 Å². The largest absolute Gasteiger partial charge is 0.472 e. The van der Waals surface area contributed by atoms with Crippen LogP contribution in [0.3, 0.4) is 0 Å². The van der Waals surface area contributed by atoms with Crippen LogP contribution in [0, 0.1) is 12.8 Å². The first-order chi connectivity index (χ1) is 14.6. The van der Waals surface area contributed by atoms with Crippen molar-refractivity contribution in [2.24, 2.45) is 5.92 Å². The number of carbonyl (C=O) groups excluding carboxylic acids is 1. The lowest BCUT2D eigenvalue weighted by atomic mass is 9.97. The van der Waals surface area contributed by atoms with Crippen LogP contribution in [0.5, 0.6) is 5.88 Å². The Morgan fingerprint density at radius 3 is 2.57 bits per heavy atom. The lowest BCUT2D eigenvalue weighted by Crippen LogP contribution is -2.51. The van der Waals surface area contributed by atoms with Gasteiger partial charge in [-0.2, -0.15) is 0 Å². The van der Waals surface area contributed by atoms with Crippen LogP contribution in [0.2, 0.25) is 0 Å². The summed E-state index contributed by atoms with van der Waals surface area (Å²) < 4.78 is 6.21. The van der Waals surface area contributed by atoms with E-state index in [9.17, 15) is 4.79 Å². The molecular weight excluding hydrogens is 376 g/mol. The van der Waals surface area contributed by atoms with Gasteiger partial charge in [0.25, 0.3) is 5.91 Å². The molecule has 1 saturated heterocycles. The number of aryl methyl sites for hydroxylation is 1. The van der Waals surface area contributed by atoms with Crippen LogP contribution >= 0.6 is 0 Å². The summed E-state index contributed by atoms with van der Waals surface area (Å²) in [6, 6.07) is 13.5. The zero-order valence-electron chi connectivity index (χ0n) is 17.1. The van der Waals surface area contributed by atoms with E-state index in [0.29, 0.717) is 23.2 Å². The van der Waals surface area contributed by atoms with Gasteiger partial charge in [-0.3, -0.25) is 4.79 Å². The first kappa shape index (κ1) is 18.7. The maximum atomic E-state index is 13.7. The van der Waals surface area contributed by atoms with Crippen LogP contribution in [0.1, 0.15) is 35.7 Å². The molecule has 2 aromatic heterocycles. The number of piperidine rings is 1. The van der Waals surface area contributed by atoms with Crippen LogP contribution in [0.4, 0.5) is 0 Å². The van der Waals surface area contributed by atoms with Crippen molar-refractivity contribution in [1.29, 1.82) is 0 Å². The second-order valence-electron chi connectivity index (χ2n) is 8.20. The van der Waals surface area contributed by atoms with E-state index in [1.165, 1.54) is 0 Å². The molecule has 1 aliphatic heterocycles. The summed E-state index contributed by atoms with van der Waals surface area (Å²) in [5, 5.41) is 0. The summed E-state index contributed by atoms with van der Waals surface area (Å²) in [5.74, 6) is 1.64. The molecule has 3 heterocycles. The zero-order chi connectivity index (χ0) is 20.7. The van der Waals surface area contributed by atoms with E-state index in [4.69, 9.17) is 4.74 Å². The lowest BCUT2D eigenvalue weighted by Gasteiger charge is -2.38. The molecule has 6 heteroatoms. The highest BCUT2D eigenvalue weighted by Crippen LogP contribution is 2.44. The van der Waals surface area contributed by atoms with E-state index < -0.39 is 0 Å². The van der Waals surface area contributed by atoms with Gasteiger partial charge in [0.15, 0.2) is 5.82 Å². The van der Waals surface area contributed by atoms with Gasteiger partial charge in [-0.05, 0) is 50.3 Å². The molecule has 3 aromatic rings. The van der Waals surface area contributed by atoms with Crippen molar-refractivity contribution in [3.05, 3.63) is 72.2 Å². The maximum absolute atomic E-state index is 13.7. The molecule has 0 radical (unpaired) electrons. The van der Waals surface area contributed by atoms with Crippen molar-refractivity contribution >= 4 is 5.91 Å². The Balaban J connectivity index is 1.43. The number of aromatic nitrogens is 3. The number of nitrogens with zero attached hydrogens (tertiary/aromatic N) is 4. The van der Waals surface area contributed by atoms with Crippen LogP contribution in [0.25, 0.3) is 11.4 Å². The minimum atomic E-state index is -0.0366. The fraction of sp³-hybridized carbons (Fsp3) is 0.333. The molecule has 1 saturated carbocycles. The highest BCUT2D eigenvalue weighted by atomic mass is 16.5. The molecule has 1 amide bonds. The number of ether oxygens (including phenoxy) is 1. The van der Waals surface area contributed by atoms with Gasteiger partial charge >= 0.3 is 0 Å². The number of rotatable bonds is 4. The number of amides is 1. The lowest BCUT2D eigenvalue weighted by molar-refractivity contribution is 0.0314. The van der Waals surface area contributed by atoms with Crippen molar-refractivity contribution in [2.45, 2.75) is 44.9 Å². The highest BCUT2D eigenvalue weighted by Gasteiger charge is 2.52. The highest BCUT2D eigenvalue weighted by molar-refractivity contribution is 6.00. The smallest absolute Gasteiger partial charge is 0.255 e. The molecule has 2 fully saturated rings. The molecule has 0 N–H and O–H groups in total. The van der Waals surface area contributed by atoms with E-state index in [1.807, 2.05) is 54.4 Å². The molecule has 0 spiro atoms. The van der Waals surface area contributed by atoms with Gasteiger partial charge in [-0.1, -0.05) is 24.3 Å². The van der Waals surface area contributed by atoms with E-state index >= 15 is 0 Å². The normalized spacial score (nSPS) is 24.8. The fourth-order valence-electron chi connectivity index (χ4n) is 4.81. The Hall–Kier alpha value is -3.28. The molecule has 2 aliphatic rings. The monoisotopic (exact) mass is 400 g/mol. The summed E-state index contributed by atoms with van der Waals surface area (Å²) in [4.78, 5) is 28.8. The quantitative estimate of drug-likeness (QED) is 0.664. The maximum Gasteiger partial charge on any atom is 0.255 e. The molecule has 1 aromatic carbocycles. The number of hydrogen-bond acceptors (Lipinski definition) is 5. The third kappa shape index (κ3) is 3.22. The van der Waals surface area contributed by atoms with Gasteiger partial charge in [0.2, 0.25) is 5.88 Å². The predicted octanol–water partition coefficient (Wildman–Crippen LogP) is 3.92. The Morgan fingerprint density at radius 1 is 1.03 bits per heavy atom. The SMILES string of the molecule is Cc1ccc(OC2CC3CC2N(C(=O)c2ccccc2-c2ncccn2)C3C)nc1. The molecule has 1 aliphatic carbocycles. The third-order valence-electron chi connectivity index (χ3n) is 6.34. The summed E-state index contributed by atoms with van der Waals surface area (Å²) in [7, 11) is 0. The van der Waals surface area contributed by atoms with E-state index in [1.54, 1.807) is 18.5 Å². The van der Waals surface area contributed by atoms with Gasteiger partial charge in [0, 0.05) is 36.3 Å². The second kappa shape index (κ2) is 7.52. The van der Waals surface area contributed by atoms with Crippen molar-refractivity contribution in [3.63, 3.8) is 0 Å². The Kier molecular flexibility index (Phi) is 4.69. The van der Waals surface area contributed by atoms with Crippen LogP contribution < -0.4 is 4.74 Å². The van der Waals surface area contributed by atoms with E-state index in [2.05, 4.69) is 21.9 Å². The molecule has 152 valence electrons. The fourth-order valence-corrected chi connectivity index (χ4v) is 4.81.